The van der Waals surface area contributed by atoms with E-state index in [0.29, 0.717) is 0 Å². The fourth-order valence-electron chi connectivity index (χ4n) is 8.68. The van der Waals surface area contributed by atoms with Gasteiger partial charge in [-0.25, -0.2) is 0 Å². The first-order chi connectivity index (χ1) is 30.2. The molecule has 1 aromatic heterocycles. The minimum Gasteiger partial charge on any atom is -0.455 e. The van der Waals surface area contributed by atoms with Crippen LogP contribution in [0.4, 0.5) is 34.1 Å². The van der Waals surface area contributed by atoms with Gasteiger partial charge in [0.05, 0.1) is 16.8 Å². The number of rotatable bonds is 9. The molecule has 0 aliphatic rings. The van der Waals surface area contributed by atoms with Crippen molar-refractivity contribution in [3.8, 4) is 33.4 Å². The zero-order valence-corrected chi connectivity index (χ0v) is 33.4. The molecule has 3 heteroatoms. The summed E-state index contributed by atoms with van der Waals surface area (Å²) < 4.78 is 7.08. The van der Waals surface area contributed by atoms with Crippen LogP contribution in [0.15, 0.2) is 247 Å². The van der Waals surface area contributed by atoms with E-state index in [1.54, 1.807) is 0 Å². The molecular weight excluding hydrogens is 741 g/mol. The van der Waals surface area contributed by atoms with Crippen molar-refractivity contribution >= 4 is 66.8 Å². The molecule has 0 unspecified atom stereocenters. The summed E-state index contributed by atoms with van der Waals surface area (Å²) in [4.78, 5) is 4.74. The molecule has 0 saturated carbocycles. The maximum atomic E-state index is 7.08. The van der Waals surface area contributed by atoms with E-state index in [1.807, 2.05) is 0 Å². The zero-order chi connectivity index (χ0) is 40.5. The number of nitrogens with zero attached hydrogens (tertiary/aromatic N) is 2. The number of para-hydroxylation sites is 1. The number of hydrogen-bond donors (Lipinski definition) is 0. The fourth-order valence-corrected chi connectivity index (χ4v) is 8.68. The quantitative estimate of drug-likeness (QED) is 0.145. The van der Waals surface area contributed by atoms with Crippen LogP contribution in [-0.4, -0.2) is 0 Å². The zero-order valence-electron chi connectivity index (χ0n) is 33.4. The molecule has 0 N–H and O–H groups in total. The lowest BCUT2D eigenvalue weighted by Gasteiger charge is -2.30. The van der Waals surface area contributed by atoms with Crippen molar-refractivity contribution in [2.24, 2.45) is 0 Å². The summed E-state index contributed by atoms with van der Waals surface area (Å²) in [5.74, 6) is 0. The van der Waals surface area contributed by atoms with Crippen LogP contribution < -0.4 is 9.80 Å². The Hall–Kier alpha value is -8.14. The van der Waals surface area contributed by atoms with Crippen LogP contribution >= 0.6 is 0 Å². The lowest BCUT2D eigenvalue weighted by molar-refractivity contribution is 0.673. The number of hydrogen-bond acceptors (Lipinski definition) is 3. The van der Waals surface area contributed by atoms with Crippen molar-refractivity contribution in [2.45, 2.75) is 0 Å². The van der Waals surface area contributed by atoms with Crippen molar-refractivity contribution in [3.05, 3.63) is 243 Å². The van der Waals surface area contributed by atoms with Gasteiger partial charge in [0.15, 0.2) is 0 Å². The van der Waals surface area contributed by atoms with Gasteiger partial charge < -0.3 is 14.2 Å². The molecule has 0 atom stereocenters. The summed E-state index contributed by atoms with van der Waals surface area (Å²) in [7, 11) is 0. The van der Waals surface area contributed by atoms with Crippen molar-refractivity contribution < 1.29 is 4.42 Å². The van der Waals surface area contributed by atoms with Crippen LogP contribution in [0.5, 0.6) is 0 Å². The average molecular weight is 781 g/mol. The Morgan fingerprint density at radius 1 is 0.279 bits per heavy atom. The molecule has 288 valence electrons. The normalized spacial score (nSPS) is 11.3. The monoisotopic (exact) mass is 780 g/mol. The smallest absolute Gasteiger partial charge is 0.143 e. The molecule has 61 heavy (non-hydrogen) atoms. The lowest BCUT2D eigenvalue weighted by Crippen LogP contribution is -2.13. The standard InChI is InChI=1S/C58H40N2O/c1-5-16-41(17-6-1)44-28-33-49(34-29-44)59(51-26-15-23-47(38-51)43-20-9-3-10-21-43)52-39-55(57-54-37-32-46-22-13-14-27-53(46)58(54)61-56(57)40-52)60(48-24-11-4-12-25-48)50-35-30-45(31-36-50)42-18-7-2-8-19-42/h1-40H. The summed E-state index contributed by atoms with van der Waals surface area (Å²) in [6.07, 6.45) is 0. The topological polar surface area (TPSA) is 19.6 Å². The second-order valence-electron chi connectivity index (χ2n) is 15.4. The first kappa shape index (κ1) is 36.0. The molecule has 0 spiro atoms. The fraction of sp³-hybridized carbons (Fsp3) is 0. The van der Waals surface area contributed by atoms with Crippen LogP contribution in [0.2, 0.25) is 0 Å². The van der Waals surface area contributed by atoms with Crippen molar-refractivity contribution in [3.63, 3.8) is 0 Å². The summed E-state index contributed by atoms with van der Waals surface area (Å²) in [6.45, 7) is 0. The highest BCUT2D eigenvalue weighted by Crippen LogP contribution is 2.49. The molecule has 0 bridgehead atoms. The van der Waals surface area contributed by atoms with Crippen LogP contribution in [0.3, 0.4) is 0 Å². The largest absolute Gasteiger partial charge is 0.455 e. The third kappa shape index (κ3) is 6.78. The minimum absolute atomic E-state index is 0.811. The maximum absolute atomic E-state index is 7.08. The van der Waals surface area contributed by atoms with Gasteiger partial charge in [-0.1, -0.05) is 176 Å². The third-order valence-electron chi connectivity index (χ3n) is 11.6. The molecule has 0 saturated heterocycles. The predicted molar refractivity (Wildman–Crippen MR) is 257 cm³/mol. The van der Waals surface area contributed by atoms with Crippen LogP contribution in [0.25, 0.3) is 66.1 Å². The van der Waals surface area contributed by atoms with Crippen LogP contribution in [-0.2, 0) is 0 Å². The Morgan fingerprint density at radius 3 is 1.38 bits per heavy atom. The van der Waals surface area contributed by atoms with Gasteiger partial charge in [0.25, 0.3) is 0 Å². The Balaban J connectivity index is 1.18. The highest BCUT2D eigenvalue weighted by atomic mass is 16.3. The van der Waals surface area contributed by atoms with E-state index in [-0.39, 0.29) is 0 Å². The molecule has 0 amide bonds. The van der Waals surface area contributed by atoms with Gasteiger partial charge in [-0.05, 0) is 99.4 Å². The van der Waals surface area contributed by atoms with Gasteiger partial charge in [0, 0.05) is 39.6 Å². The summed E-state index contributed by atoms with van der Waals surface area (Å²) >= 11 is 0. The van der Waals surface area contributed by atoms with Crippen LogP contribution in [0.1, 0.15) is 0 Å². The Labute approximate surface area is 355 Å². The van der Waals surface area contributed by atoms with Crippen molar-refractivity contribution in [1.29, 1.82) is 0 Å². The molecule has 0 aliphatic heterocycles. The van der Waals surface area contributed by atoms with E-state index in [2.05, 4.69) is 252 Å². The Kier molecular flexibility index (Phi) is 9.18. The molecule has 0 aliphatic carbocycles. The van der Waals surface area contributed by atoms with E-state index in [4.69, 9.17) is 4.42 Å². The van der Waals surface area contributed by atoms with Crippen LogP contribution in [0, 0.1) is 0 Å². The average Bonchev–Trinajstić information content (AvgIpc) is 3.73. The second kappa shape index (κ2) is 15.6. The molecule has 0 fully saturated rings. The van der Waals surface area contributed by atoms with E-state index >= 15 is 0 Å². The number of anilines is 6. The van der Waals surface area contributed by atoms with E-state index < -0.39 is 0 Å². The van der Waals surface area contributed by atoms with E-state index in [9.17, 15) is 0 Å². The predicted octanol–water partition coefficient (Wildman–Crippen LogP) is 16.7. The molecule has 3 nitrogen and oxygen atoms in total. The van der Waals surface area contributed by atoms with Gasteiger partial charge >= 0.3 is 0 Å². The van der Waals surface area contributed by atoms with Gasteiger partial charge in [-0.2, -0.15) is 0 Å². The van der Waals surface area contributed by atoms with Gasteiger partial charge in [-0.15, -0.1) is 0 Å². The molecule has 10 aromatic carbocycles. The van der Waals surface area contributed by atoms with Gasteiger partial charge in [-0.3, -0.25) is 0 Å². The highest BCUT2D eigenvalue weighted by Gasteiger charge is 2.25. The summed E-state index contributed by atoms with van der Waals surface area (Å²) in [6, 6.07) is 86.5. The molecule has 1 heterocycles. The number of furan rings is 1. The van der Waals surface area contributed by atoms with Gasteiger partial charge in [0.1, 0.15) is 11.2 Å². The SMILES string of the molecule is c1ccc(-c2ccc(N(c3cccc(-c4ccccc4)c3)c3cc(N(c4ccccc4)c4ccc(-c5ccccc5)cc4)c4c(c3)oc3c5ccccc5ccc34)cc2)cc1. The third-order valence-corrected chi connectivity index (χ3v) is 11.6. The summed E-state index contributed by atoms with van der Waals surface area (Å²) in [5, 5.41) is 4.36. The molecule has 11 aromatic rings. The molecular formula is C58H40N2O. The van der Waals surface area contributed by atoms with E-state index in [0.717, 1.165) is 78.0 Å². The molecule has 11 rings (SSSR count). The van der Waals surface area contributed by atoms with E-state index in [1.165, 1.54) is 22.3 Å². The van der Waals surface area contributed by atoms with Crippen molar-refractivity contribution in [1.82, 2.24) is 0 Å². The maximum Gasteiger partial charge on any atom is 0.143 e. The second-order valence-corrected chi connectivity index (χ2v) is 15.4. The lowest BCUT2D eigenvalue weighted by atomic mass is 10.0. The molecule has 0 radical (unpaired) electrons. The number of fused-ring (bicyclic) bond motifs is 5. The Bertz CT molecular complexity index is 3270. The minimum atomic E-state index is 0.811. The van der Waals surface area contributed by atoms with Gasteiger partial charge in [0.2, 0.25) is 0 Å². The first-order valence-electron chi connectivity index (χ1n) is 20.7. The number of benzene rings is 10. The first-order valence-corrected chi connectivity index (χ1v) is 20.7. The highest BCUT2D eigenvalue weighted by molar-refractivity contribution is 6.20. The summed E-state index contributed by atoms with van der Waals surface area (Å²) in [5.41, 5.74) is 14.9. The van der Waals surface area contributed by atoms with Crippen molar-refractivity contribution in [2.75, 3.05) is 9.80 Å². The Morgan fingerprint density at radius 2 is 0.754 bits per heavy atom.